The zero-order valence-electron chi connectivity index (χ0n) is 10.9. The minimum absolute atomic E-state index is 0.0207. The van der Waals surface area contributed by atoms with E-state index in [9.17, 15) is 4.79 Å². The molecule has 0 aromatic heterocycles. The number of nitrogens with one attached hydrogen (secondary N) is 1. The summed E-state index contributed by atoms with van der Waals surface area (Å²) in [7, 11) is 0. The molecular weight excluding hydrogens is 228 g/mol. The van der Waals surface area contributed by atoms with E-state index in [1.807, 2.05) is 31.2 Å². The van der Waals surface area contributed by atoms with Crippen molar-refractivity contribution >= 4 is 5.91 Å². The minimum atomic E-state index is 0.0207. The lowest BCUT2D eigenvalue weighted by atomic mass is 10.0. The van der Waals surface area contributed by atoms with Crippen LogP contribution in [0.15, 0.2) is 24.3 Å². The van der Waals surface area contributed by atoms with Gasteiger partial charge in [-0.3, -0.25) is 4.79 Å². The van der Waals surface area contributed by atoms with Gasteiger partial charge in [0.15, 0.2) is 0 Å². The number of amides is 1. The number of hydrogen-bond acceptors (Lipinski definition) is 3. The SMILES string of the molecule is CCC(CN)CC(=O)NCc1cccc(CO)c1. The second-order valence-corrected chi connectivity index (χ2v) is 4.47. The van der Waals surface area contributed by atoms with Gasteiger partial charge in [-0.05, 0) is 23.6 Å². The van der Waals surface area contributed by atoms with Crippen LogP contribution in [0.25, 0.3) is 0 Å². The van der Waals surface area contributed by atoms with E-state index in [1.54, 1.807) is 0 Å². The number of benzene rings is 1. The largest absolute Gasteiger partial charge is 0.392 e. The lowest BCUT2D eigenvalue weighted by Crippen LogP contribution is -2.27. The van der Waals surface area contributed by atoms with Gasteiger partial charge in [-0.25, -0.2) is 0 Å². The first-order valence-corrected chi connectivity index (χ1v) is 6.35. The number of hydrogen-bond donors (Lipinski definition) is 3. The van der Waals surface area contributed by atoms with E-state index >= 15 is 0 Å². The lowest BCUT2D eigenvalue weighted by Gasteiger charge is -2.12. The van der Waals surface area contributed by atoms with Crippen LogP contribution in [0.2, 0.25) is 0 Å². The van der Waals surface area contributed by atoms with Gasteiger partial charge in [0.05, 0.1) is 6.61 Å². The molecule has 0 saturated heterocycles. The monoisotopic (exact) mass is 250 g/mol. The van der Waals surface area contributed by atoms with Crippen molar-refractivity contribution in [3.8, 4) is 0 Å². The highest BCUT2D eigenvalue weighted by molar-refractivity contribution is 5.76. The van der Waals surface area contributed by atoms with Gasteiger partial charge in [-0.2, -0.15) is 0 Å². The topological polar surface area (TPSA) is 75.4 Å². The van der Waals surface area contributed by atoms with E-state index in [4.69, 9.17) is 10.8 Å². The molecule has 4 heteroatoms. The van der Waals surface area contributed by atoms with E-state index in [2.05, 4.69) is 5.32 Å². The van der Waals surface area contributed by atoms with Crippen LogP contribution >= 0.6 is 0 Å². The third-order valence-electron chi connectivity index (χ3n) is 3.05. The average molecular weight is 250 g/mol. The normalized spacial score (nSPS) is 12.2. The first kappa shape index (κ1) is 14.7. The Morgan fingerprint density at radius 1 is 1.44 bits per heavy atom. The van der Waals surface area contributed by atoms with Crippen molar-refractivity contribution in [3.63, 3.8) is 0 Å². The Hall–Kier alpha value is -1.39. The first-order valence-electron chi connectivity index (χ1n) is 6.35. The molecule has 1 aromatic carbocycles. The average Bonchev–Trinajstić information content (AvgIpc) is 2.42. The summed E-state index contributed by atoms with van der Waals surface area (Å²) < 4.78 is 0. The van der Waals surface area contributed by atoms with Crippen LogP contribution in [0.4, 0.5) is 0 Å². The molecule has 1 aromatic rings. The first-order chi connectivity index (χ1) is 8.69. The van der Waals surface area contributed by atoms with Gasteiger partial charge in [0.1, 0.15) is 0 Å². The van der Waals surface area contributed by atoms with E-state index in [0.29, 0.717) is 19.5 Å². The Labute approximate surface area is 108 Å². The molecule has 0 aliphatic heterocycles. The summed E-state index contributed by atoms with van der Waals surface area (Å²) >= 11 is 0. The summed E-state index contributed by atoms with van der Waals surface area (Å²) in [6.07, 6.45) is 1.40. The maximum Gasteiger partial charge on any atom is 0.220 e. The lowest BCUT2D eigenvalue weighted by molar-refractivity contribution is -0.122. The number of aliphatic hydroxyl groups excluding tert-OH is 1. The van der Waals surface area contributed by atoms with E-state index < -0.39 is 0 Å². The number of aliphatic hydroxyl groups is 1. The second kappa shape index (κ2) is 7.84. The third-order valence-corrected chi connectivity index (χ3v) is 3.05. The quantitative estimate of drug-likeness (QED) is 0.680. The van der Waals surface area contributed by atoms with Crippen molar-refractivity contribution < 1.29 is 9.90 Å². The predicted octanol–water partition coefficient (Wildman–Crippen LogP) is 1.17. The Bertz CT molecular complexity index is 376. The molecule has 0 bridgehead atoms. The van der Waals surface area contributed by atoms with Gasteiger partial charge in [-0.1, -0.05) is 37.6 Å². The number of rotatable bonds is 7. The minimum Gasteiger partial charge on any atom is -0.392 e. The Morgan fingerprint density at radius 3 is 2.78 bits per heavy atom. The smallest absolute Gasteiger partial charge is 0.220 e. The van der Waals surface area contributed by atoms with Gasteiger partial charge >= 0.3 is 0 Å². The molecule has 0 aliphatic carbocycles. The van der Waals surface area contributed by atoms with Gasteiger partial charge in [0.25, 0.3) is 0 Å². The third kappa shape index (κ3) is 4.85. The second-order valence-electron chi connectivity index (χ2n) is 4.47. The molecule has 100 valence electrons. The number of carbonyl (C=O) groups is 1. The fourth-order valence-corrected chi connectivity index (χ4v) is 1.77. The highest BCUT2D eigenvalue weighted by atomic mass is 16.3. The summed E-state index contributed by atoms with van der Waals surface area (Å²) in [5, 5.41) is 11.9. The molecule has 0 fully saturated rings. The summed E-state index contributed by atoms with van der Waals surface area (Å²) in [6.45, 7) is 3.10. The molecule has 1 atom stereocenters. The zero-order chi connectivity index (χ0) is 13.4. The van der Waals surface area contributed by atoms with Gasteiger partial charge < -0.3 is 16.2 Å². The molecule has 0 spiro atoms. The zero-order valence-corrected chi connectivity index (χ0v) is 10.9. The van der Waals surface area contributed by atoms with E-state index in [1.165, 1.54) is 0 Å². The summed E-state index contributed by atoms with van der Waals surface area (Å²) in [5.41, 5.74) is 7.42. The predicted molar refractivity (Wildman–Crippen MR) is 71.7 cm³/mol. The molecule has 1 amide bonds. The van der Waals surface area contributed by atoms with Crippen LogP contribution in [-0.2, 0) is 17.9 Å². The molecule has 0 aliphatic rings. The summed E-state index contributed by atoms with van der Waals surface area (Å²) in [5.74, 6) is 0.287. The van der Waals surface area contributed by atoms with Crippen molar-refractivity contribution in [2.24, 2.45) is 11.7 Å². The molecule has 18 heavy (non-hydrogen) atoms. The molecule has 0 heterocycles. The molecule has 4 nitrogen and oxygen atoms in total. The Balaban J connectivity index is 2.42. The van der Waals surface area contributed by atoms with Crippen molar-refractivity contribution in [2.75, 3.05) is 6.54 Å². The molecule has 0 saturated carbocycles. The maximum absolute atomic E-state index is 11.7. The fourth-order valence-electron chi connectivity index (χ4n) is 1.77. The van der Waals surface area contributed by atoms with Gasteiger partial charge in [0, 0.05) is 13.0 Å². The Kier molecular flexibility index (Phi) is 6.39. The van der Waals surface area contributed by atoms with Crippen molar-refractivity contribution in [1.29, 1.82) is 0 Å². The van der Waals surface area contributed by atoms with Crippen LogP contribution < -0.4 is 11.1 Å². The maximum atomic E-state index is 11.7. The van der Waals surface area contributed by atoms with Crippen molar-refractivity contribution in [3.05, 3.63) is 35.4 Å². The fraction of sp³-hybridized carbons (Fsp3) is 0.500. The molecule has 0 radical (unpaired) electrons. The Morgan fingerprint density at radius 2 is 2.17 bits per heavy atom. The molecule has 1 rings (SSSR count). The van der Waals surface area contributed by atoms with E-state index in [-0.39, 0.29) is 18.4 Å². The van der Waals surface area contributed by atoms with Crippen LogP contribution in [-0.4, -0.2) is 17.6 Å². The number of nitrogens with two attached hydrogens (primary N) is 1. The molecule has 1 unspecified atom stereocenters. The highest BCUT2D eigenvalue weighted by Gasteiger charge is 2.09. The van der Waals surface area contributed by atoms with Crippen LogP contribution in [0.3, 0.4) is 0 Å². The van der Waals surface area contributed by atoms with Crippen LogP contribution in [0.5, 0.6) is 0 Å². The van der Waals surface area contributed by atoms with Gasteiger partial charge in [0.2, 0.25) is 5.91 Å². The molecular formula is C14H22N2O2. The van der Waals surface area contributed by atoms with Crippen LogP contribution in [0, 0.1) is 5.92 Å². The summed E-state index contributed by atoms with van der Waals surface area (Å²) in [6, 6.07) is 7.55. The van der Waals surface area contributed by atoms with E-state index in [0.717, 1.165) is 17.5 Å². The van der Waals surface area contributed by atoms with Crippen molar-refractivity contribution in [1.82, 2.24) is 5.32 Å². The summed E-state index contributed by atoms with van der Waals surface area (Å²) in [4.78, 5) is 11.7. The van der Waals surface area contributed by atoms with Crippen molar-refractivity contribution in [2.45, 2.75) is 32.9 Å². The number of carbonyl (C=O) groups excluding carboxylic acids is 1. The van der Waals surface area contributed by atoms with Crippen LogP contribution in [0.1, 0.15) is 30.9 Å². The standard InChI is InChI=1S/C14H22N2O2/c1-2-11(8-15)7-14(18)16-9-12-4-3-5-13(6-12)10-17/h3-6,11,17H,2,7-10,15H2,1H3,(H,16,18). The highest BCUT2D eigenvalue weighted by Crippen LogP contribution is 2.07. The van der Waals surface area contributed by atoms with Gasteiger partial charge in [-0.15, -0.1) is 0 Å². The molecule has 4 N–H and O–H groups in total.